The molecule has 1 aliphatic rings. The Hall–Kier alpha value is -5.53. The first-order chi connectivity index (χ1) is 22.2. The van der Waals surface area contributed by atoms with Gasteiger partial charge in [-0.3, -0.25) is 19.7 Å². The van der Waals surface area contributed by atoms with Crippen molar-refractivity contribution in [3.05, 3.63) is 114 Å². The second kappa shape index (κ2) is 13.2. The summed E-state index contributed by atoms with van der Waals surface area (Å²) in [4.78, 5) is 46.1. The largest absolute Gasteiger partial charge is 0.478 e. The van der Waals surface area contributed by atoms with Crippen molar-refractivity contribution >= 4 is 50.5 Å². The van der Waals surface area contributed by atoms with E-state index in [1.807, 2.05) is 24.3 Å². The van der Waals surface area contributed by atoms with Gasteiger partial charge in [-0.2, -0.15) is 4.72 Å². The number of imidazole rings is 1. The number of sulfonamides is 1. The molecule has 0 radical (unpaired) electrons. The number of hydrogen-bond acceptors (Lipinski definition) is 8. The van der Waals surface area contributed by atoms with Crippen LogP contribution < -0.4 is 20.1 Å². The first-order valence-corrected chi connectivity index (χ1v) is 15.8. The van der Waals surface area contributed by atoms with E-state index in [-0.39, 0.29) is 30.3 Å². The van der Waals surface area contributed by atoms with E-state index in [1.54, 1.807) is 66.7 Å². The molecule has 4 N–H and O–H groups in total. The third-order valence-corrected chi connectivity index (χ3v) is 8.67. The van der Waals surface area contributed by atoms with Gasteiger partial charge in [0.25, 0.3) is 5.91 Å². The minimum Gasteiger partial charge on any atom is -0.478 e. The normalized spacial score (nSPS) is 14.9. The number of ether oxygens (including phenoxy) is 2. The molecule has 46 heavy (non-hydrogen) atoms. The van der Waals surface area contributed by atoms with Crippen LogP contribution in [0.25, 0.3) is 11.0 Å². The molecule has 12 nitrogen and oxygen atoms in total. The standard InChI is InChI=1S/C33H29N5O7S/c39-30(37-33-35-24-13-7-8-14-25(24)36-33)19-29-31(40)34-26-17-22(15-16-28(26)45-29)18-27(32(41)44-20-21-9-3-1-4-10-21)38-46(42,43)23-11-5-2-6-12-23/h1-17,27,29,38H,18-20H2,(H,34,40)(H2,35,36,37,39)/t27-,29?/m0/s1. The molecule has 6 rings (SSSR count). The summed E-state index contributed by atoms with van der Waals surface area (Å²) in [5.41, 5.74) is 3.04. The van der Waals surface area contributed by atoms with Gasteiger partial charge >= 0.3 is 5.97 Å². The van der Waals surface area contributed by atoms with Crippen molar-refractivity contribution < 1.29 is 32.3 Å². The van der Waals surface area contributed by atoms with Crippen molar-refractivity contribution in [2.75, 3.05) is 10.6 Å². The number of carbonyl (C=O) groups excluding carboxylic acids is 3. The average molecular weight is 640 g/mol. The predicted molar refractivity (Wildman–Crippen MR) is 169 cm³/mol. The monoisotopic (exact) mass is 639 g/mol. The number of para-hydroxylation sites is 2. The fourth-order valence-corrected chi connectivity index (χ4v) is 6.12. The highest BCUT2D eigenvalue weighted by molar-refractivity contribution is 7.89. The zero-order valence-electron chi connectivity index (χ0n) is 24.3. The molecule has 2 amide bonds. The van der Waals surface area contributed by atoms with Crippen LogP contribution in [0.1, 0.15) is 17.5 Å². The van der Waals surface area contributed by atoms with Crippen LogP contribution in [0.4, 0.5) is 11.6 Å². The molecule has 1 aliphatic heterocycles. The molecule has 2 atom stereocenters. The quantitative estimate of drug-likeness (QED) is 0.158. The number of rotatable bonds is 11. The average Bonchev–Trinajstić information content (AvgIpc) is 3.47. The van der Waals surface area contributed by atoms with Gasteiger partial charge in [0.05, 0.1) is 28.0 Å². The Morgan fingerprint density at radius 2 is 1.63 bits per heavy atom. The van der Waals surface area contributed by atoms with Crippen LogP contribution in [-0.2, 0) is 42.2 Å². The molecule has 234 valence electrons. The van der Waals surface area contributed by atoms with E-state index in [0.29, 0.717) is 22.5 Å². The summed E-state index contributed by atoms with van der Waals surface area (Å²) < 4.78 is 40.1. The van der Waals surface area contributed by atoms with Crippen LogP contribution in [0.15, 0.2) is 108 Å². The number of nitrogens with one attached hydrogen (secondary N) is 4. The summed E-state index contributed by atoms with van der Waals surface area (Å²) >= 11 is 0. The Bertz CT molecular complexity index is 1970. The number of esters is 1. The Labute approximate surface area is 264 Å². The number of aromatic nitrogens is 2. The molecule has 13 heteroatoms. The summed E-state index contributed by atoms with van der Waals surface area (Å²) in [6.45, 7) is -0.0391. The summed E-state index contributed by atoms with van der Waals surface area (Å²) in [6, 6.07) is 27.6. The van der Waals surface area contributed by atoms with Gasteiger partial charge < -0.3 is 19.8 Å². The number of amides is 2. The maximum atomic E-state index is 13.2. The number of nitrogens with zero attached hydrogens (tertiary/aromatic N) is 1. The van der Waals surface area contributed by atoms with E-state index < -0.39 is 40.0 Å². The first kappa shape index (κ1) is 30.5. The lowest BCUT2D eigenvalue weighted by molar-refractivity contribution is -0.147. The van der Waals surface area contributed by atoms with Gasteiger partial charge in [-0.1, -0.05) is 66.7 Å². The lowest BCUT2D eigenvalue weighted by Gasteiger charge is -2.26. The first-order valence-electron chi connectivity index (χ1n) is 14.4. The zero-order chi connectivity index (χ0) is 32.1. The van der Waals surface area contributed by atoms with Crippen molar-refractivity contribution in [2.24, 2.45) is 0 Å². The van der Waals surface area contributed by atoms with E-state index in [1.165, 1.54) is 12.1 Å². The summed E-state index contributed by atoms with van der Waals surface area (Å²) in [5.74, 6) is -1.20. The predicted octanol–water partition coefficient (Wildman–Crippen LogP) is 3.92. The van der Waals surface area contributed by atoms with E-state index >= 15 is 0 Å². The molecule has 0 saturated heterocycles. The highest BCUT2D eigenvalue weighted by Gasteiger charge is 2.32. The van der Waals surface area contributed by atoms with E-state index in [2.05, 4.69) is 25.3 Å². The maximum absolute atomic E-state index is 13.2. The lowest BCUT2D eigenvalue weighted by atomic mass is 10.0. The molecule has 0 bridgehead atoms. The fourth-order valence-electron chi connectivity index (χ4n) is 4.92. The number of fused-ring (bicyclic) bond motifs is 2. The second-order valence-corrected chi connectivity index (χ2v) is 12.3. The van der Waals surface area contributed by atoms with Crippen molar-refractivity contribution in [3.63, 3.8) is 0 Å². The molecule has 0 fully saturated rings. The van der Waals surface area contributed by atoms with Crippen LogP contribution in [0.5, 0.6) is 5.75 Å². The topological polar surface area (TPSA) is 169 Å². The van der Waals surface area contributed by atoms with Crippen molar-refractivity contribution in [3.8, 4) is 5.75 Å². The van der Waals surface area contributed by atoms with Crippen molar-refractivity contribution in [1.29, 1.82) is 0 Å². The minimum atomic E-state index is -4.07. The molecule has 0 aliphatic carbocycles. The van der Waals surface area contributed by atoms with Gasteiger partial charge in [0.15, 0.2) is 6.10 Å². The number of aromatic amines is 1. The summed E-state index contributed by atoms with van der Waals surface area (Å²) in [6.07, 6.45) is -1.44. The molecule has 1 unspecified atom stereocenters. The Morgan fingerprint density at radius 3 is 2.39 bits per heavy atom. The Kier molecular flexibility index (Phi) is 8.76. The molecule has 5 aromatic rings. The summed E-state index contributed by atoms with van der Waals surface area (Å²) in [7, 11) is -4.07. The van der Waals surface area contributed by atoms with Gasteiger partial charge in [-0.25, -0.2) is 13.4 Å². The minimum absolute atomic E-state index is 0.00244. The highest BCUT2D eigenvalue weighted by Crippen LogP contribution is 2.32. The maximum Gasteiger partial charge on any atom is 0.324 e. The smallest absolute Gasteiger partial charge is 0.324 e. The number of hydrogen-bond donors (Lipinski definition) is 4. The third kappa shape index (κ3) is 7.22. The highest BCUT2D eigenvalue weighted by atomic mass is 32.2. The molecule has 0 saturated carbocycles. The molecule has 0 spiro atoms. The Balaban J connectivity index is 1.14. The third-order valence-electron chi connectivity index (χ3n) is 7.18. The number of H-pyrrole nitrogens is 1. The van der Waals surface area contributed by atoms with Crippen molar-refractivity contribution in [2.45, 2.75) is 36.5 Å². The molecular weight excluding hydrogens is 610 g/mol. The summed E-state index contributed by atoms with van der Waals surface area (Å²) in [5, 5.41) is 5.39. The van der Waals surface area contributed by atoms with Crippen LogP contribution in [0, 0.1) is 0 Å². The molecule has 1 aromatic heterocycles. The van der Waals surface area contributed by atoms with Crippen LogP contribution in [-0.4, -0.2) is 48.3 Å². The number of benzene rings is 4. The molecule has 4 aromatic carbocycles. The SMILES string of the molecule is O=C(CC1Oc2ccc(C[C@H](NS(=O)(=O)c3ccccc3)C(=O)OCc3ccccc3)cc2NC1=O)Nc1nc2ccccc2[nH]1. The van der Waals surface area contributed by atoms with Crippen molar-refractivity contribution in [1.82, 2.24) is 14.7 Å². The number of anilines is 2. The Morgan fingerprint density at radius 1 is 0.913 bits per heavy atom. The molecule has 2 heterocycles. The van der Waals surface area contributed by atoms with E-state index in [4.69, 9.17) is 9.47 Å². The van der Waals surface area contributed by atoms with Gasteiger partial charge in [-0.05, 0) is 53.9 Å². The van der Waals surface area contributed by atoms with Gasteiger partial charge in [0.1, 0.15) is 18.4 Å². The fraction of sp³-hybridized carbons (Fsp3) is 0.152. The molecular formula is C33H29N5O7S. The van der Waals surface area contributed by atoms with Gasteiger partial charge in [-0.15, -0.1) is 0 Å². The van der Waals surface area contributed by atoms with Crippen LogP contribution in [0.3, 0.4) is 0 Å². The second-order valence-electron chi connectivity index (χ2n) is 10.6. The number of carbonyl (C=O) groups is 3. The van der Waals surface area contributed by atoms with Gasteiger partial charge in [0.2, 0.25) is 21.9 Å². The zero-order valence-corrected chi connectivity index (χ0v) is 25.1. The van der Waals surface area contributed by atoms with E-state index in [0.717, 1.165) is 11.1 Å². The lowest BCUT2D eigenvalue weighted by Crippen LogP contribution is -2.43. The van der Waals surface area contributed by atoms with Crippen LogP contribution >= 0.6 is 0 Å². The van der Waals surface area contributed by atoms with E-state index in [9.17, 15) is 22.8 Å². The van der Waals surface area contributed by atoms with Crippen LogP contribution in [0.2, 0.25) is 0 Å². The van der Waals surface area contributed by atoms with Gasteiger partial charge in [0, 0.05) is 0 Å².